The maximum atomic E-state index is 12.4. The van der Waals surface area contributed by atoms with Crippen molar-refractivity contribution in [2.75, 3.05) is 7.11 Å². The smallest absolute Gasteiger partial charge is 0.314 e. The first kappa shape index (κ1) is 16.4. The van der Waals surface area contributed by atoms with E-state index >= 15 is 0 Å². The molecule has 2 aliphatic rings. The fourth-order valence-electron chi connectivity index (χ4n) is 5.29. The number of esters is 1. The van der Waals surface area contributed by atoms with Crippen LogP contribution in [0.25, 0.3) is 0 Å². The summed E-state index contributed by atoms with van der Waals surface area (Å²) in [6, 6.07) is 0. The number of rotatable bonds is 2. The van der Waals surface area contributed by atoms with Gasteiger partial charge in [0.15, 0.2) is 0 Å². The molecule has 0 aliphatic heterocycles. The van der Waals surface area contributed by atoms with Gasteiger partial charge in [-0.2, -0.15) is 0 Å². The topological polar surface area (TPSA) is 83.8 Å². The number of hydrogen-bond donors (Lipinski definition) is 2. The lowest BCUT2D eigenvalue weighted by atomic mass is 9.56. The standard InChI is InChI=1S/C16H26O5/c1-9-6-11(18)12-14(2,3)8-15(4,13(19)21-5)16(12,20)10(9)7-17/h7,9-12,18,20H,6,8H2,1-5H3. The lowest BCUT2D eigenvalue weighted by Crippen LogP contribution is -2.64. The van der Waals surface area contributed by atoms with Crippen molar-refractivity contribution in [2.24, 2.45) is 28.6 Å². The molecule has 0 spiro atoms. The van der Waals surface area contributed by atoms with Crippen LogP contribution in [0.15, 0.2) is 0 Å². The number of carbonyl (C=O) groups excluding carboxylic acids is 2. The Labute approximate surface area is 125 Å². The van der Waals surface area contributed by atoms with Crippen LogP contribution in [0.3, 0.4) is 0 Å². The molecule has 2 saturated carbocycles. The van der Waals surface area contributed by atoms with Gasteiger partial charge in [-0.3, -0.25) is 4.79 Å². The number of carbonyl (C=O) groups is 2. The first-order valence-electron chi connectivity index (χ1n) is 7.50. The summed E-state index contributed by atoms with van der Waals surface area (Å²) in [7, 11) is 1.29. The van der Waals surface area contributed by atoms with E-state index in [1.807, 2.05) is 20.8 Å². The van der Waals surface area contributed by atoms with Gasteiger partial charge in [-0.05, 0) is 31.1 Å². The number of methoxy groups -OCH3 is 1. The van der Waals surface area contributed by atoms with Crippen molar-refractivity contribution in [3.63, 3.8) is 0 Å². The van der Waals surface area contributed by atoms with Crippen LogP contribution >= 0.6 is 0 Å². The highest BCUT2D eigenvalue weighted by Gasteiger charge is 2.74. The van der Waals surface area contributed by atoms with Crippen LogP contribution in [0, 0.1) is 28.6 Å². The van der Waals surface area contributed by atoms with Crippen LogP contribution in [0.1, 0.15) is 40.5 Å². The van der Waals surface area contributed by atoms with E-state index in [1.165, 1.54) is 7.11 Å². The van der Waals surface area contributed by atoms with E-state index in [1.54, 1.807) is 6.92 Å². The Kier molecular flexibility index (Phi) is 3.74. The SMILES string of the molecule is COC(=O)C1(C)CC(C)(C)C2C(O)CC(C)C(C=O)C21O. The summed E-state index contributed by atoms with van der Waals surface area (Å²) in [5.41, 5.74) is -3.24. The van der Waals surface area contributed by atoms with Crippen LogP contribution in [0.2, 0.25) is 0 Å². The number of ether oxygens (including phenoxy) is 1. The lowest BCUT2D eigenvalue weighted by molar-refractivity contribution is -0.208. The molecule has 0 bridgehead atoms. The van der Waals surface area contributed by atoms with Gasteiger partial charge in [-0.15, -0.1) is 0 Å². The van der Waals surface area contributed by atoms with Gasteiger partial charge in [0.2, 0.25) is 0 Å². The Bertz CT molecular complexity index is 460. The number of fused-ring (bicyclic) bond motifs is 1. The van der Waals surface area contributed by atoms with Crippen LogP contribution in [0.4, 0.5) is 0 Å². The number of aliphatic hydroxyl groups excluding tert-OH is 1. The summed E-state index contributed by atoms with van der Waals surface area (Å²) < 4.78 is 4.91. The highest BCUT2D eigenvalue weighted by Crippen LogP contribution is 2.66. The van der Waals surface area contributed by atoms with E-state index in [0.717, 1.165) is 6.29 Å². The van der Waals surface area contributed by atoms with Crippen LogP contribution in [0.5, 0.6) is 0 Å². The molecule has 0 heterocycles. The molecule has 2 rings (SSSR count). The predicted molar refractivity (Wildman–Crippen MR) is 76.3 cm³/mol. The number of aldehydes is 1. The van der Waals surface area contributed by atoms with E-state index in [2.05, 4.69) is 0 Å². The Morgan fingerprint density at radius 3 is 2.38 bits per heavy atom. The lowest BCUT2D eigenvalue weighted by Gasteiger charge is -2.52. The molecule has 6 atom stereocenters. The molecule has 6 unspecified atom stereocenters. The molecule has 120 valence electrons. The normalized spacial score (nSPS) is 48.5. The zero-order valence-electron chi connectivity index (χ0n) is 13.4. The van der Waals surface area contributed by atoms with Gasteiger partial charge < -0.3 is 19.7 Å². The fraction of sp³-hybridized carbons (Fsp3) is 0.875. The van der Waals surface area contributed by atoms with Gasteiger partial charge in [0.1, 0.15) is 6.29 Å². The minimum Gasteiger partial charge on any atom is -0.469 e. The molecule has 0 radical (unpaired) electrons. The van der Waals surface area contributed by atoms with E-state index in [-0.39, 0.29) is 5.92 Å². The monoisotopic (exact) mass is 298 g/mol. The highest BCUT2D eigenvalue weighted by molar-refractivity contribution is 5.80. The maximum Gasteiger partial charge on any atom is 0.314 e. The average Bonchev–Trinajstić information content (AvgIpc) is 2.52. The summed E-state index contributed by atoms with van der Waals surface area (Å²) in [5.74, 6) is -1.91. The van der Waals surface area contributed by atoms with E-state index in [0.29, 0.717) is 12.8 Å². The van der Waals surface area contributed by atoms with Crippen molar-refractivity contribution >= 4 is 12.3 Å². The molecule has 2 N–H and O–H groups in total. The molecule has 0 aromatic carbocycles. The molecule has 0 saturated heterocycles. The Morgan fingerprint density at radius 2 is 1.90 bits per heavy atom. The van der Waals surface area contributed by atoms with Crippen molar-refractivity contribution < 1.29 is 24.5 Å². The van der Waals surface area contributed by atoms with Crippen molar-refractivity contribution in [3.8, 4) is 0 Å². The number of aliphatic hydroxyl groups is 2. The van der Waals surface area contributed by atoms with Crippen molar-refractivity contribution in [2.45, 2.75) is 52.2 Å². The highest BCUT2D eigenvalue weighted by atomic mass is 16.5. The molecule has 0 amide bonds. The van der Waals surface area contributed by atoms with Gasteiger partial charge >= 0.3 is 5.97 Å². The largest absolute Gasteiger partial charge is 0.469 e. The van der Waals surface area contributed by atoms with E-state index < -0.39 is 40.3 Å². The Balaban J connectivity index is 2.66. The van der Waals surface area contributed by atoms with Crippen molar-refractivity contribution in [3.05, 3.63) is 0 Å². The minimum atomic E-state index is -1.58. The molecule has 2 fully saturated rings. The summed E-state index contributed by atoms with van der Waals surface area (Å²) in [6.45, 7) is 7.34. The van der Waals surface area contributed by atoms with Crippen LogP contribution < -0.4 is 0 Å². The van der Waals surface area contributed by atoms with E-state index in [4.69, 9.17) is 4.74 Å². The summed E-state index contributed by atoms with van der Waals surface area (Å²) >= 11 is 0. The second-order valence-corrected chi connectivity index (χ2v) is 7.73. The second-order valence-electron chi connectivity index (χ2n) is 7.73. The van der Waals surface area contributed by atoms with E-state index in [9.17, 15) is 19.8 Å². The van der Waals surface area contributed by atoms with Gasteiger partial charge in [-0.25, -0.2) is 0 Å². The third-order valence-corrected chi connectivity index (χ3v) is 5.91. The molecule has 2 aliphatic carbocycles. The number of hydrogen-bond acceptors (Lipinski definition) is 5. The summed E-state index contributed by atoms with van der Waals surface area (Å²) in [4.78, 5) is 24.0. The quantitative estimate of drug-likeness (QED) is 0.590. The molecule has 5 nitrogen and oxygen atoms in total. The molecular weight excluding hydrogens is 272 g/mol. The van der Waals surface area contributed by atoms with Gasteiger partial charge in [0.25, 0.3) is 0 Å². The van der Waals surface area contributed by atoms with Crippen LogP contribution in [-0.2, 0) is 14.3 Å². The average molecular weight is 298 g/mol. The fourth-order valence-corrected chi connectivity index (χ4v) is 5.29. The zero-order valence-corrected chi connectivity index (χ0v) is 13.4. The van der Waals surface area contributed by atoms with Crippen molar-refractivity contribution in [1.82, 2.24) is 0 Å². The van der Waals surface area contributed by atoms with Crippen LogP contribution in [-0.4, -0.2) is 41.3 Å². The third kappa shape index (κ3) is 1.90. The second kappa shape index (κ2) is 4.78. The first-order valence-corrected chi connectivity index (χ1v) is 7.50. The van der Waals surface area contributed by atoms with Gasteiger partial charge in [0, 0.05) is 11.8 Å². The Hall–Kier alpha value is -0.940. The van der Waals surface area contributed by atoms with Gasteiger partial charge in [0.05, 0.1) is 24.2 Å². The third-order valence-electron chi connectivity index (χ3n) is 5.91. The zero-order chi connectivity index (χ0) is 16.2. The molecular formula is C16H26O5. The molecule has 0 aromatic rings. The first-order chi connectivity index (χ1) is 9.56. The summed E-state index contributed by atoms with van der Waals surface area (Å²) in [6.07, 6.45) is 0.841. The Morgan fingerprint density at radius 1 is 1.33 bits per heavy atom. The minimum absolute atomic E-state index is 0.184. The molecule has 0 aromatic heterocycles. The summed E-state index contributed by atoms with van der Waals surface area (Å²) in [5, 5.41) is 22.0. The van der Waals surface area contributed by atoms with Crippen molar-refractivity contribution in [1.29, 1.82) is 0 Å². The van der Waals surface area contributed by atoms with Gasteiger partial charge in [-0.1, -0.05) is 20.8 Å². The molecule has 21 heavy (non-hydrogen) atoms. The maximum absolute atomic E-state index is 12.4. The molecule has 5 heteroatoms. The predicted octanol–water partition coefficient (Wildman–Crippen LogP) is 1.16.